The minimum atomic E-state index is -5.08. The second-order valence-electron chi connectivity index (χ2n) is 6.20. The predicted octanol–water partition coefficient (Wildman–Crippen LogP) is 2.18. The maximum absolute atomic E-state index is 12.7. The second-order valence-corrected chi connectivity index (χ2v) is 6.20. The van der Waals surface area contributed by atoms with Crippen LogP contribution in [0.2, 0.25) is 0 Å². The Labute approximate surface area is 172 Å². The van der Waals surface area contributed by atoms with Gasteiger partial charge >= 0.3 is 24.5 Å². The lowest BCUT2D eigenvalue weighted by Gasteiger charge is -2.27. The Morgan fingerprint density at radius 2 is 1.34 bits per heavy atom. The van der Waals surface area contributed by atoms with Crippen LogP contribution in [-0.4, -0.2) is 54.7 Å². The number of rotatable bonds is 4. The molecule has 1 fully saturated rings. The molecular formula is C16H14F9N3O4. The lowest BCUT2D eigenvalue weighted by atomic mass is 10.0. The third-order valence-corrected chi connectivity index (χ3v) is 3.65. The summed E-state index contributed by atoms with van der Waals surface area (Å²) in [5.74, 6) is -4.56. The molecule has 0 aliphatic carbocycles. The summed E-state index contributed by atoms with van der Waals surface area (Å²) in [6.45, 7) is 0.525. The molecule has 2 rings (SSSR count). The maximum Gasteiger partial charge on any atom is 0.490 e. The summed E-state index contributed by atoms with van der Waals surface area (Å²) in [7, 11) is 0. The van der Waals surface area contributed by atoms with Gasteiger partial charge in [-0.3, -0.25) is 9.59 Å². The van der Waals surface area contributed by atoms with E-state index in [-0.39, 0.29) is 12.1 Å². The number of hydrogen-bond acceptors (Lipinski definition) is 4. The number of alkyl halides is 9. The SMILES string of the molecule is O=C(CNC(=O)c1cc(C(F)(F)F)cc(C(F)(F)F)c1)NC1CNC1.O=C(O)C(F)(F)F. The molecule has 0 radical (unpaired) electrons. The number of nitrogens with one attached hydrogen (secondary N) is 3. The second kappa shape index (κ2) is 10.1. The van der Waals surface area contributed by atoms with Gasteiger partial charge in [-0.25, -0.2) is 4.79 Å². The van der Waals surface area contributed by atoms with E-state index in [2.05, 4.69) is 10.6 Å². The number of halogens is 9. The summed E-state index contributed by atoms with van der Waals surface area (Å²) in [6.07, 6.45) is -15.2. The van der Waals surface area contributed by atoms with E-state index in [1.807, 2.05) is 5.32 Å². The van der Waals surface area contributed by atoms with Crippen LogP contribution in [0.5, 0.6) is 0 Å². The number of carbonyl (C=O) groups excluding carboxylic acids is 2. The molecule has 2 amide bonds. The van der Waals surface area contributed by atoms with E-state index in [1.165, 1.54) is 0 Å². The summed E-state index contributed by atoms with van der Waals surface area (Å²) in [6, 6.07) is 0.416. The molecule has 1 saturated heterocycles. The molecule has 1 heterocycles. The van der Waals surface area contributed by atoms with Crippen molar-refractivity contribution < 1.29 is 59.0 Å². The van der Waals surface area contributed by atoms with Crippen molar-refractivity contribution in [3.05, 3.63) is 34.9 Å². The summed E-state index contributed by atoms with van der Waals surface area (Å²) in [5.41, 5.74) is -4.03. The average Bonchev–Trinajstić information content (AvgIpc) is 2.60. The van der Waals surface area contributed by atoms with Gasteiger partial charge < -0.3 is 21.1 Å². The van der Waals surface area contributed by atoms with Crippen LogP contribution in [0, 0.1) is 0 Å². The van der Waals surface area contributed by atoms with Gasteiger partial charge in [0, 0.05) is 18.7 Å². The molecule has 1 aromatic carbocycles. The number of hydrogen-bond donors (Lipinski definition) is 4. The molecule has 4 N–H and O–H groups in total. The van der Waals surface area contributed by atoms with Gasteiger partial charge in [-0.2, -0.15) is 39.5 Å². The van der Waals surface area contributed by atoms with Crippen molar-refractivity contribution in [2.75, 3.05) is 19.6 Å². The zero-order valence-corrected chi connectivity index (χ0v) is 15.5. The number of benzene rings is 1. The van der Waals surface area contributed by atoms with Crippen LogP contribution in [0.4, 0.5) is 39.5 Å². The highest BCUT2D eigenvalue weighted by atomic mass is 19.4. The third kappa shape index (κ3) is 8.60. The van der Waals surface area contributed by atoms with Gasteiger partial charge in [-0.1, -0.05) is 0 Å². The summed E-state index contributed by atoms with van der Waals surface area (Å²) in [5, 5.41) is 14.5. The smallest absolute Gasteiger partial charge is 0.475 e. The normalized spacial score (nSPS) is 14.5. The van der Waals surface area contributed by atoms with Crippen LogP contribution >= 0.6 is 0 Å². The van der Waals surface area contributed by atoms with E-state index in [4.69, 9.17) is 9.90 Å². The molecule has 0 aromatic heterocycles. The quantitative estimate of drug-likeness (QED) is 0.492. The molecule has 16 heteroatoms. The molecule has 7 nitrogen and oxygen atoms in total. The van der Waals surface area contributed by atoms with Crippen LogP contribution in [0.3, 0.4) is 0 Å². The van der Waals surface area contributed by atoms with Gasteiger partial charge in [0.2, 0.25) is 5.91 Å². The first-order valence-corrected chi connectivity index (χ1v) is 8.29. The largest absolute Gasteiger partial charge is 0.490 e. The van der Waals surface area contributed by atoms with E-state index in [0.717, 1.165) is 0 Å². The highest BCUT2D eigenvalue weighted by Crippen LogP contribution is 2.36. The Hall–Kier alpha value is -3.04. The number of aliphatic carboxylic acids is 1. The van der Waals surface area contributed by atoms with Crippen molar-refractivity contribution in [2.45, 2.75) is 24.6 Å². The van der Waals surface area contributed by atoms with Crippen LogP contribution < -0.4 is 16.0 Å². The fourth-order valence-corrected chi connectivity index (χ4v) is 2.02. The minimum absolute atomic E-state index is 0.0763. The fraction of sp³-hybridized carbons (Fsp3) is 0.438. The van der Waals surface area contributed by atoms with E-state index < -0.39 is 59.5 Å². The Morgan fingerprint density at radius 1 is 0.906 bits per heavy atom. The van der Waals surface area contributed by atoms with Crippen LogP contribution in [0.25, 0.3) is 0 Å². The number of amides is 2. The monoisotopic (exact) mass is 483 g/mol. The first kappa shape index (κ1) is 27.0. The minimum Gasteiger partial charge on any atom is -0.475 e. The molecular weight excluding hydrogens is 469 g/mol. The van der Waals surface area contributed by atoms with Crippen LogP contribution in [-0.2, 0) is 21.9 Å². The van der Waals surface area contributed by atoms with E-state index in [1.54, 1.807) is 0 Å². The van der Waals surface area contributed by atoms with E-state index >= 15 is 0 Å². The van der Waals surface area contributed by atoms with Crippen LogP contribution in [0.15, 0.2) is 18.2 Å². The number of carboxylic acids is 1. The molecule has 32 heavy (non-hydrogen) atoms. The van der Waals surface area contributed by atoms with Gasteiger partial charge in [0.15, 0.2) is 0 Å². The van der Waals surface area contributed by atoms with Gasteiger partial charge in [-0.05, 0) is 18.2 Å². The molecule has 1 aliphatic rings. The Bertz CT molecular complexity index is 814. The average molecular weight is 483 g/mol. The lowest BCUT2D eigenvalue weighted by Crippen LogP contribution is -2.58. The molecule has 1 aliphatic heterocycles. The van der Waals surface area contributed by atoms with Crippen molar-refractivity contribution in [3.63, 3.8) is 0 Å². The Morgan fingerprint density at radius 3 is 1.66 bits per heavy atom. The van der Waals surface area contributed by atoms with Crippen molar-refractivity contribution in [2.24, 2.45) is 0 Å². The maximum atomic E-state index is 12.7. The first-order chi connectivity index (χ1) is 14.4. The predicted molar refractivity (Wildman–Crippen MR) is 87.3 cm³/mol. The van der Waals surface area contributed by atoms with Crippen molar-refractivity contribution in [1.82, 2.24) is 16.0 Å². The highest BCUT2D eigenvalue weighted by Gasteiger charge is 2.38. The molecule has 0 bridgehead atoms. The van der Waals surface area contributed by atoms with Crippen molar-refractivity contribution in [3.8, 4) is 0 Å². The van der Waals surface area contributed by atoms with Crippen LogP contribution in [0.1, 0.15) is 21.5 Å². The first-order valence-electron chi connectivity index (χ1n) is 8.29. The Kier molecular flexibility index (Phi) is 8.48. The lowest BCUT2D eigenvalue weighted by molar-refractivity contribution is -0.192. The zero-order chi connectivity index (χ0) is 24.9. The molecule has 1 aromatic rings. The third-order valence-electron chi connectivity index (χ3n) is 3.65. The van der Waals surface area contributed by atoms with Gasteiger partial charge in [0.1, 0.15) is 0 Å². The Balaban J connectivity index is 0.000000633. The van der Waals surface area contributed by atoms with E-state index in [0.29, 0.717) is 25.2 Å². The highest BCUT2D eigenvalue weighted by molar-refractivity contribution is 5.96. The van der Waals surface area contributed by atoms with E-state index in [9.17, 15) is 49.1 Å². The standard InChI is InChI=1S/C14H13F6N3O2.C2HF3O2/c15-13(16,17)8-1-7(2-9(3-8)14(18,19)20)12(25)22-6-11(24)23-10-4-21-5-10;3-2(4,5)1(6)7/h1-3,10,21H,4-6H2,(H,22,25)(H,23,24);(H,6,7). The fourth-order valence-electron chi connectivity index (χ4n) is 2.02. The number of carbonyl (C=O) groups is 3. The van der Waals surface area contributed by atoms with Gasteiger partial charge in [0.05, 0.1) is 23.7 Å². The molecule has 180 valence electrons. The summed E-state index contributed by atoms with van der Waals surface area (Å²) >= 11 is 0. The molecule has 0 spiro atoms. The molecule has 0 atom stereocenters. The summed E-state index contributed by atoms with van der Waals surface area (Å²) in [4.78, 5) is 32.3. The van der Waals surface area contributed by atoms with Crippen molar-refractivity contribution >= 4 is 17.8 Å². The topological polar surface area (TPSA) is 108 Å². The van der Waals surface area contributed by atoms with Crippen molar-refractivity contribution in [1.29, 1.82) is 0 Å². The summed E-state index contributed by atoms with van der Waals surface area (Å²) < 4.78 is 108. The number of carboxylic acid groups (broad SMARTS) is 1. The molecule has 0 unspecified atom stereocenters. The molecule has 0 saturated carbocycles. The van der Waals surface area contributed by atoms with Gasteiger partial charge in [-0.15, -0.1) is 0 Å². The van der Waals surface area contributed by atoms with Gasteiger partial charge in [0.25, 0.3) is 5.91 Å². The zero-order valence-electron chi connectivity index (χ0n) is 15.5.